The average molecular weight is 518 g/mol. The number of carbonyl (C=O) groups excluding carboxylic acids is 1. The summed E-state index contributed by atoms with van der Waals surface area (Å²) in [6.07, 6.45) is 3.08. The highest BCUT2D eigenvalue weighted by Crippen LogP contribution is 2.36. The molecule has 1 aliphatic rings. The number of hydrogen-bond donors (Lipinski definition) is 1. The summed E-state index contributed by atoms with van der Waals surface area (Å²) < 4.78 is 5.99. The van der Waals surface area contributed by atoms with E-state index in [2.05, 4.69) is 25.5 Å². The molecule has 1 fully saturated rings. The van der Waals surface area contributed by atoms with Crippen LogP contribution in [0.5, 0.6) is 0 Å². The van der Waals surface area contributed by atoms with Crippen molar-refractivity contribution >= 4 is 56.7 Å². The number of nitrogens with zero attached hydrogens (tertiary/aromatic N) is 4. The van der Waals surface area contributed by atoms with Gasteiger partial charge in [-0.2, -0.15) is 0 Å². The monoisotopic (exact) mass is 517 g/mol. The second-order valence-electron chi connectivity index (χ2n) is 9.05. The predicted octanol–water partition coefficient (Wildman–Crippen LogP) is 7.05. The van der Waals surface area contributed by atoms with Crippen LogP contribution in [0.1, 0.15) is 37.5 Å². The summed E-state index contributed by atoms with van der Waals surface area (Å²) in [6.45, 7) is 0. The number of fused-ring (bicyclic) bond motifs is 2. The molecule has 7 nitrogen and oxygen atoms in total. The van der Waals surface area contributed by atoms with Gasteiger partial charge in [-0.25, -0.2) is 9.97 Å². The van der Waals surface area contributed by atoms with Gasteiger partial charge < -0.3 is 9.73 Å². The third-order valence-corrected chi connectivity index (χ3v) is 7.13. The van der Waals surface area contributed by atoms with E-state index in [1.807, 2.05) is 42.5 Å². The largest absolute Gasteiger partial charge is 0.419 e. The molecule has 1 amide bonds. The highest BCUT2D eigenvalue weighted by molar-refractivity contribution is 6.31. The third-order valence-electron chi connectivity index (χ3n) is 6.66. The lowest BCUT2D eigenvalue weighted by Crippen LogP contribution is -2.27. The number of benzene rings is 2. The van der Waals surface area contributed by atoms with Crippen LogP contribution in [0.25, 0.3) is 33.4 Å². The Hall–Kier alpha value is -3.55. The van der Waals surface area contributed by atoms with Crippen molar-refractivity contribution in [1.29, 1.82) is 0 Å². The van der Waals surface area contributed by atoms with Crippen molar-refractivity contribution < 1.29 is 9.21 Å². The van der Waals surface area contributed by atoms with Gasteiger partial charge in [0.25, 0.3) is 5.89 Å². The van der Waals surface area contributed by atoms with Crippen molar-refractivity contribution in [2.45, 2.75) is 31.6 Å². The number of nitrogens with one attached hydrogen (secondary N) is 1. The van der Waals surface area contributed by atoms with Gasteiger partial charge in [-0.05, 0) is 80.3 Å². The molecule has 1 aliphatic carbocycles. The van der Waals surface area contributed by atoms with Crippen molar-refractivity contribution in [1.82, 2.24) is 20.2 Å². The molecule has 0 bridgehead atoms. The highest BCUT2D eigenvalue weighted by atomic mass is 35.5. The molecule has 36 heavy (non-hydrogen) atoms. The number of rotatable bonds is 4. The van der Waals surface area contributed by atoms with Crippen molar-refractivity contribution in [2.24, 2.45) is 5.92 Å². The summed E-state index contributed by atoms with van der Waals surface area (Å²) in [5.41, 5.74) is 2.23. The lowest BCUT2D eigenvalue weighted by molar-refractivity contribution is -0.120. The second kappa shape index (κ2) is 9.48. The van der Waals surface area contributed by atoms with E-state index in [9.17, 15) is 4.79 Å². The van der Waals surface area contributed by atoms with Crippen molar-refractivity contribution in [2.75, 3.05) is 5.32 Å². The first-order valence-electron chi connectivity index (χ1n) is 11.8. The Bertz CT molecular complexity index is 1590. The van der Waals surface area contributed by atoms with E-state index >= 15 is 0 Å². The van der Waals surface area contributed by atoms with Gasteiger partial charge in [0.1, 0.15) is 11.5 Å². The Morgan fingerprint density at radius 2 is 1.47 bits per heavy atom. The molecule has 180 valence electrons. The minimum atomic E-state index is -0.0830. The molecule has 0 radical (unpaired) electrons. The van der Waals surface area contributed by atoms with Gasteiger partial charge in [0, 0.05) is 32.7 Å². The van der Waals surface area contributed by atoms with Crippen molar-refractivity contribution in [3.63, 3.8) is 0 Å². The Morgan fingerprint density at radius 1 is 0.806 bits per heavy atom. The zero-order valence-electron chi connectivity index (χ0n) is 19.1. The molecule has 5 aromatic rings. The molecule has 2 aromatic carbocycles. The molecule has 1 saturated carbocycles. The quantitative estimate of drug-likeness (QED) is 0.274. The van der Waals surface area contributed by atoms with E-state index in [1.165, 1.54) is 0 Å². The van der Waals surface area contributed by atoms with E-state index in [-0.39, 0.29) is 17.7 Å². The normalized spacial score (nSPS) is 17.9. The lowest BCUT2D eigenvalue weighted by Gasteiger charge is -2.25. The number of carbonyl (C=O) groups is 1. The van der Waals surface area contributed by atoms with E-state index in [1.54, 1.807) is 18.2 Å². The first-order valence-corrected chi connectivity index (χ1v) is 12.5. The van der Waals surface area contributed by atoms with Gasteiger partial charge >= 0.3 is 0 Å². The number of halogens is 2. The third kappa shape index (κ3) is 4.64. The van der Waals surface area contributed by atoms with Crippen LogP contribution >= 0.6 is 23.2 Å². The van der Waals surface area contributed by atoms with E-state index in [4.69, 9.17) is 27.6 Å². The molecule has 6 rings (SSSR count). The lowest BCUT2D eigenvalue weighted by atomic mass is 9.81. The number of hydrogen-bond acceptors (Lipinski definition) is 6. The summed E-state index contributed by atoms with van der Waals surface area (Å²) in [7, 11) is 0. The second-order valence-corrected chi connectivity index (χ2v) is 9.92. The van der Waals surface area contributed by atoms with Crippen molar-refractivity contribution in [3.05, 3.63) is 76.6 Å². The minimum Gasteiger partial charge on any atom is -0.419 e. The van der Waals surface area contributed by atoms with Crippen LogP contribution in [0, 0.1) is 5.92 Å². The molecule has 0 saturated heterocycles. The van der Waals surface area contributed by atoms with Crippen LogP contribution in [-0.4, -0.2) is 26.1 Å². The SMILES string of the molecule is O=C(Nc1ccc2cc(Cl)ccc2n1)C1CCC(c2nnc(-c3ccc4cc(Cl)ccc4n3)o2)CC1. The summed E-state index contributed by atoms with van der Waals surface area (Å²) in [4.78, 5) is 22.0. The number of anilines is 1. The highest BCUT2D eigenvalue weighted by Gasteiger charge is 2.30. The number of aromatic nitrogens is 4. The maximum Gasteiger partial charge on any atom is 0.266 e. The maximum atomic E-state index is 12.9. The van der Waals surface area contributed by atoms with Crippen LogP contribution in [0.2, 0.25) is 10.0 Å². The van der Waals surface area contributed by atoms with Crippen LogP contribution < -0.4 is 5.32 Å². The summed E-state index contributed by atoms with van der Waals surface area (Å²) in [5, 5.41) is 14.7. The van der Waals surface area contributed by atoms with Crippen molar-refractivity contribution in [3.8, 4) is 11.6 Å². The van der Waals surface area contributed by atoms with Gasteiger partial charge in [-0.1, -0.05) is 29.3 Å². The first kappa shape index (κ1) is 22.9. The molecule has 0 atom stereocenters. The van der Waals surface area contributed by atoms with Gasteiger partial charge in [-0.15, -0.1) is 10.2 Å². The van der Waals surface area contributed by atoms with Crippen LogP contribution in [0.4, 0.5) is 5.82 Å². The molecule has 9 heteroatoms. The fourth-order valence-corrected chi connectivity index (χ4v) is 5.08. The zero-order chi connectivity index (χ0) is 24.6. The Labute approximate surface area is 216 Å². The molecular weight excluding hydrogens is 497 g/mol. The van der Waals surface area contributed by atoms with Crippen LogP contribution in [0.3, 0.4) is 0 Å². The average Bonchev–Trinajstić information content (AvgIpc) is 3.39. The van der Waals surface area contributed by atoms with Gasteiger partial charge in [0.15, 0.2) is 0 Å². The summed E-state index contributed by atoms with van der Waals surface area (Å²) >= 11 is 12.1. The van der Waals surface area contributed by atoms with Gasteiger partial charge in [-0.3, -0.25) is 4.79 Å². The van der Waals surface area contributed by atoms with Crippen LogP contribution in [0.15, 0.2) is 65.1 Å². The predicted molar refractivity (Wildman–Crippen MR) is 140 cm³/mol. The van der Waals surface area contributed by atoms with Crippen LogP contribution in [-0.2, 0) is 4.79 Å². The standard InChI is InChI=1S/C27H21Cl2N5O2/c28-19-7-10-21-17(13-19)5-9-23(30-21)27-34-33-26(36-27)16-3-1-15(2-4-16)25(35)32-24-12-6-18-14-20(29)8-11-22(18)31-24/h5-16H,1-4H2,(H,31,32,35). The molecule has 3 aromatic heterocycles. The molecule has 0 aliphatic heterocycles. The topological polar surface area (TPSA) is 93.8 Å². The van der Waals surface area contributed by atoms with E-state index in [0.29, 0.717) is 33.3 Å². The van der Waals surface area contributed by atoms with Gasteiger partial charge in [0.2, 0.25) is 11.8 Å². The molecule has 1 N–H and O–H groups in total. The van der Waals surface area contributed by atoms with E-state index < -0.39 is 0 Å². The fraction of sp³-hybridized carbons (Fsp3) is 0.222. The minimum absolute atomic E-state index is 0.0130. The molecular formula is C27H21Cl2N5O2. The van der Waals surface area contributed by atoms with Gasteiger partial charge in [0.05, 0.1) is 11.0 Å². The van der Waals surface area contributed by atoms with E-state index in [0.717, 1.165) is 47.5 Å². The molecule has 0 spiro atoms. The number of pyridine rings is 2. The Morgan fingerprint density at radius 3 is 2.19 bits per heavy atom. The Balaban J connectivity index is 1.09. The maximum absolute atomic E-state index is 12.9. The molecule has 0 unspecified atom stereocenters. The molecule has 3 heterocycles. The smallest absolute Gasteiger partial charge is 0.266 e. The fourth-order valence-electron chi connectivity index (χ4n) is 4.72. The zero-order valence-corrected chi connectivity index (χ0v) is 20.6. The summed E-state index contributed by atoms with van der Waals surface area (Å²) in [5.74, 6) is 1.56. The number of amides is 1. The summed E-state index contributed by atoms with van der Waals surface area (Å²) in [6, 6.07) is 18.5. The Kier molecular flexibility index (Phi) is 6.03. The first-order chi connectivity index (χ1) is 17.5.